The van der Waals surface area contributed by atoms with E-state index in [9.17, 15) is 0 Å². The van der Waals surface area contributed by atoms with Crippen LogP contribution in [0.15, 0.2) is 226 Å². The number of rotatable bonds is 26. The van der Waals surface area contributed by atoms with E-state index in [-0.39, 0.29) is 18.3 Å². The molecule has 0 heterocycles. The molecule has 4 unspecified atom stereocenters. The van der Waals surface area contributed by atoms with Gasteiger partial charge in [-0.05, 0) is 79.6 Å². The number of benzene rings is 3. The number of hydrogen-bond donors (Lipinski definition) is 0. The molecule has 408 valence electrons. The summed E-state index contributed by atoms with van der Waals surface area (Å²) in [7, 11) is 0. The Kier molecular flexibility index (Phi) is 46.8. The van der Waals surface area contributed by atoms with Crippen molar-refractivity contribution >= 4 is 0 Å². The summed E-state index contributed by atoms with van der Waals surface area (Å²) in [4.78, 5) is 0. The third-order valence-electron chi connectivity index (χ3n) is 9.83. The Hall–Kier alpha value is -7.44. The van der Waals surface area contributed by atoms with Gasteiger partial charge in [-0.15, -0.1) is 0 Å². The number of para-hydroxylation sites is 2. The van der Waals surface area contributed by atoms with E-state index >= 15 is 0 Å². The Balaban J connectivity index is 0. The monoisotopic (exact) mass is 1020 g/mol. The van der Waals surface area contributed by atoms with E-state index in [1.807, 2.05) is 74.5 Å². The molecule has 74 heavy (non-hydrogen) atoms. The first-order valence-electron chi connectivity index (χ1n) is 24.9. The Morgan fingerprint density at radius 2 is 0.635 bits per heavy atom. The molecule has 0 amide bonds. The third kappa shape index (κ3) is 35.6. The van der Waals surface area contributed by atoms with E-state index in [2.05, 4.69) is 86.2 Å². The van der Waals surface area contributed by atoms with E-state index < -0.39 is 0 Å². The SMILES string of the molecule is C=COC1CC(OC=C)CC(OC=C)C1.C=COC1CC2CC1CC2OC=C.C=COCCOCCOC=C.C=COc1ccc(OC=C)cc1.C=COc1ccccc1.C=COc1ccccc1.CC.CCC. The van der Waals surface area contributed by atoms with Crippen molar-refractivity contribution in [1.82, 2.24) is 0 Å². The number of hydrogen-bond acceptors (Lipinski definition) is 12. The largest absolute Gasteiger partial charge is 0.499 e. The third-order valence-corrected chi connectivity index (χ3v) is 9.83. The van der Waals surface area contributed by atoms with Crippen LogP contribution in [-0.2, 0) is 37.9 Å². The maximum absolute atomic E-state index is 5.45. The van der Waals surface area contributed by atoms with Gasteiger partial charge in [0.15, 0.2) is 0 Å². The molecule has 3 aromatic carbocycles. The van der Waals surface area contributed by atoms with Gasteiger partial charge in [0, 0.05) is 19.3 Å². The van der Waals surface area contributed by atoms with Crippen LogP contribution in [0.2, 0.25) is 0 Å². The summed E-state index contributed by atoms with van der Waals surface area (Å²) in [5.41, 5.74) is 0. The molecule has 0 saturated heterocycles. The number of ether oxygens (including phenoxy) is 12. The molecule has 3 aliphatic rings. The summed E-state index contributed by atoms with van der Waals surface area (Å²) in [6.45, 7) is 48.8. The Morgan fingerprint density at radius 3 is 0.878 bits per heavy atom. The van der Waals surface area contributed by atoms with Gasteiger partial charge in [0.05, 0.1) is 82.1 Å². The average Bonchev–Trinajstić information content (AvgIpc) is 4.01. The molecule has 0 spiro atoms. The fraction of sp³-hybridized carbons (Fsp3) is 0.355. The van der Waals surface area contributed by atoms with Gasteiger partial charge in [-0.2, -0.15) is 0 Å². The highest BCUT2D eigenvalue weighted by molar-refractivity contribution is 5.32. The van der Waals surface area contributed by atoms with Crippen molar-refractivity contribution in [2.45, 2.75) is 103 Å². The van der Waals surface area contributed by atoms with Crippen LogP contribution in [0.4, 0.5) is 0 Å². The lowest BCUT2D eigenvalue weighted by molar-refractivity contribution is -0.0398. The van der Waals surface area contributed by atoms with E-state index in [1.165, 1.54) is 69.2 Å². The second-order valence-corrected chi connectivity index (χ2v) is 15.0. The van der Waals surface area contributed by atoms with Gasteiger partial charge in [-0.25, -0.2) is 0 Å². The summed E-state index contributed by atoms with van der Waals surface area (Å²) in [5, 5.41) is 0. The van der Waals surface area contributed by atoms with E-state index in [1.54, 1.807) is 36.8 Å². The van der Waals surface area contributed by atoms with Crippen LogP contribution in [-0.4, -0.2) is 56.9 Å². The van der Waals surface area contributed by atoms with E-state index in [0.717, 1.165) is 55.1 Å². The minimum Gasteiger partial charge on any atom is -0.499 e. The van der Waals surface area contributed by atoms with Crippen LogP contribution in [0.25, 0.3) is 0 Å². The van der Waals surface area contributed by atoms with Crippen LogP contribution in [0.5, 0.6) is 23.0 Å². The van der Waals surface area contributed by atoms with Crippen molar-refractivity contribution in [2.24, 2.45) is 11.8 Å². The first-order valence-corrected chi connectivity index (χ1v) is 24.9. The van der Waals surface area contributed by atoms with Crippen LogP contribution < -0.4 is 18.9 Å². The Labute approximate surface area is 445 Å². The highest BCUT2D eigenvalue weighted by Crippen LogP contribution is 2.47. The fourth-order valence-electron chi connectivity index (χ4n) is 7.12. The van der Waals surface area contributed by atoms with Gasteiger partial charge in [-0.1, -0.05) is 143 Å². The molecule has 3 saturated carbocycles. The summed E-state index contributed by atoms with van der Waals surface area (Å²) >= 11 is 0. The van der Waals surface area contributed by atoms with Crippen LogP contribution in [0, 0.1) is 11.8 Å². The highest BCUT2D eigenvalue weighted by Gasteiger charge is 2.47. The zero-order valence-corrected chi connectivity index (χ0v) is 44.9. The Bertz CT molecular complexity index is 1710. The molecule has 0 aromatic heterocycles. The summed E-state index contributed by atoms with van der Waals surface area (Å²) in [6.07, 6.45) is 24.3. The molecule has 2 bridgehead atoms. The average molecular weight is 1030 g/mol. The van der Waals surface area contributed by atoms with E-state index in [0.29, 0.717) is 50.5 Å². The first-order chi connectivity index (χ1) is 36.2. The molecular weight excluding hydrogens is 937 g/mol. The van der Waals surface area contributed by atoms with Crippen molar-refractivity contribution in [2.75, 3.05) is 26.4 Å². The standard InChI is InChI=1S/C12H18O3.C11H16O2.C10H10O2.C8H14O3.2C8H8O.C3H8.C2H6/c1-4-13-10-7-11(14-5-2)9-12(8-10)15-6-3;1-3-12-10-6-9-5-8(10)7-11(9)13-4-2;1-3-11-9-5-7-10(8-6-9)12-4-2;1-3-9-5-7-11-8-6-10-4-2;2*1-2-9-8-6-4-3-5-7-8;1-3-2;1-2/h4-6,10-12H,1-3,7-9H2;3-4,8-11H,1-2,5-7H2;3-8H,1-2H2;3-4H,1-2,5-8H2;2*2-7H,1H2;3H2,1-2H3;1-2H3. The van der Waals surface area contributed by atoms with Gasteiger partial charge in [0.2, 0.25) is 0 Å². The van der Waals surface area contributed by atoms with Crippen molar-refractivity contribution in [1.29, 1.82) is 0 Å². The maximum Gasteiger partial charge on any atom is 0.126 e. The van der Waals surface area contributed by atoms with Gasteiger partial charge in [0.25, 0.3) is 0 Å². The molecule has 3 aliphatic carbocycles. The topological polar surface area (TPSA) is 111 Å². The Morgan fingerprint density at radius 1 is 0.351 bits per heavy atom. The highest BCUT2D eigenvalue weighted by atomic mass is 16.5. The van der Waals surface area contributed by atoms with Crippen molar-refractivity contribution in [3.63, 3.8) is 0 Å². The normalized spacial score (nSPS) is 18.5. The van der Waals surface area contributed by atoms with Crippen molar-refractivity contribution in [3.05, 3.63) is 226 Å². The minimum absolute atomic E-state index is 0.103. The van der Waals surface area contributed by atoms with Gasteiger partial charge in [0.1, 0.15) is 66.7 Å². The summed E-state index contributed by atoms with van der Waals surface area (Å²) in [6, 6.07) is 26.2. The second-order valence-electron chi connectivity index (χ2n) is 15.0. The molecule has 3 fully saturated rings. The van der Waals surface area contributed by atoms with Crippen LogP contribution >= 0.6 is 0 Å². The van der Waals surface area contributed by atoms with Gasteiger partial charge in [-0.3, -0.25) is 0 Å². The predicted octanol–water partition coefficient (Wildman–Crippen LogP) is 16.1. The molecule has 4 atom stereocenters. The number of fused-ring (bicyclic) bond motifs is 2. The fourth-order valence-corrected chi connectivity index (χ4v) is 7.12. The summed E-state index contributed by atoms with van der Waals surface area (Å²) < 4.78 is 61.7. The second kappa shape index (κ2) is 50.5. The first kappa shape index (κ1) is 68.6. The van der Waals surface area contributed by atoms with Crippen LogP contribution in [0.3, 0.4) is 0 Å². The quantitative estimate of drug-likeness (QED) is 0.0564. The predicted molar refractivity (Wildman–Crippen MR) is 303 cm³/mol. The lowest BCUT2D eigenvalue weighted by atomic mass is 9.92. The lowest BCUT2D eigenvalue weighted by Gasteiger charge is -2.33. The zero-order valence-electron chi connectivity index (χ0n) is 44.9. The molecule has 0 aliphatic heterocycles. The zero-order chi connectivity index (χ0) is 55.3. The van der Waals surface area contributed by atoms with Gasteiger partial charge < -0.3 is 56.8 Å². The lowest BCUT2D eigenvalue weighted by Crippen LogP contribution is -2.35. The van der Waals surface area contributed by atoms with Crippen molar-refractivity contribution in [3.8, 4) is 23.0 Å². The molecule has 6 rings (SSSR count). The minimum atomic E-state index is 0.103. The molecule has 12 nitrogen and oxygen atoms in total. The summed E-state index contributed by atoms with van der Waals surface area (Å²) in [5.74, 6) is 4.48. The smallest absolute Gasteiger partial charge is 0.126 e. The van der Waals surface area contributed by atoms with Crippen molar-refractivity contribution < 1.29 is 56.8 Å². The molecule has 0 radical (unpaired) electrons. The van der Waals surface area contributed by atoms with E-state index in [4.69, 9.17) is 56.8 Å². The van der Waals surface area contributed by atoms with Crippen LogP contribution in [0.1, 0.15) is 72.6 Å². The molecule has 3 aromatic rings. The van der Waals surface area contributed by atoms with Gasteiger partial charge >= 0.3 is 0 Å². The molecular formula is C62H88O12. The molecule has 12 heteroatoms. The maximum atomic E-state index is 5.45. The molecule has 0 N–H and O–H groups in total.